The smallest absolute Gasteiger partial charge is 0.0771 e. The Labute approximate surface area is 207 Å². The zero-order chi connectivity index (χ0) is 24.9. The van der Waals surface area contributed by atoms with Gasteiger partial charge in [-0.25, -0.2) is 0 Å². The molecule has 5 fully saturated rings. The van der Waals surface area contributed by atoms with Crippen molar-refractivity contribution in [3.05, 3.63) is 12.2 Å². The zero-order valence-corrected chi connectivity index (χ0v) is 22.5. The molecule has 0 aliphatic heterocycles. The van der Waals surface area contributed by atoms with Crippen molar-refractivity contribution in [1.29, 1.82) is 0 Å². The molecule has 11 atom stereocenters. The number of aliphatic hydroxyl groups is 4. The molecular formula is C30H50O4. The SMILES string of the molecule is C[C@H](C/C=C\C(C)(C)O)[C@H]1CC[C@@]2(C)[C@@H]3CC[C@H]4[C@](C)(CO)[C@@H](O)C[C@H](O)[C@@]45C[C@@]35CC[C@]12C. The van der Waals surface area contributed by atoms with Crippen LogP contribution in [0.2, 0.25) is 0 Å². The van der Waals surface area contributed by atoms with E-state index in [4.69, 9.17) is 0 Å². The van der Waals surface area contributed by atoms with E-state index in [0.717, 1.165) is 19.3 Å². The van der Waals surface area contributed by atoms with Gasteiger partial charge in [0.05, 0.1) is 24.4 Å². The van der Waals surface area contributed by atoms with Crippen molar-refractivity contribution >= 4 is 0 Å². The van der Waals surface area contributed by atoms with Crippen LogP contribution >= 0.6 is 0 Å². The molecule has 0 aromatic heterocycles. The Bertz CT molecular complexity index is 847. The van der Waals surface area contributed by atoms with E-state index >= 15 is 0 Å². The van der Waals surface area contributed by atoms with Crippen LogP contribution in [0.4, 0.5) is 0 Å². The second-order valence-corrected chi connectivity index (χ2v) is 14.7. The molecule has 5 aliphatic carbocycles. The van der Waals surface area contributed by atoms with E-state index in [-0.39, 0.29) is 28.8 Å². The second-order valence-electron chi connectivity index (χ2n) is 14.7. The number of hydrogen-bond donors (Lipinski definition) is 4. The third kappa shape index (κ3) is 2.98. The van der Waals surface area contributed by atoms with Crippen molar-refractivity contribution in [2.45, 2.75) is 117 Å². The Morgan fingerprint density at radius 3 is 2.26 bits per heavy atom. The molecule has 5 rings (SSSR count). The standard InChI is InChI=1S/C30H50O4/c1-19(8-7-12-25(2,3)34)20-11-13-28(6)22-10-9-21-26(4,18-31)23(32)16-24(33)30(21)17-29(22,30)15-14-27(20,28)5/h7,12,19-24,31-34H,8-11,13-18H2,1-6H3/b12-7-/t19-,20-,21+,22+,23+,24+,26+,27-,28+,29+,30-/m1/s1. The fourth-order valence-corrected chi connectivity index (χ4v) is 11.1. The van der Waals surface area contributed by atoms with Crippen LogP contribution < -0.4 is 0 Å². The summed E-state index contributed by atoms with van der Waals surface area (Å²) in [6.07, 6.45) is 12.8. The van der Waals surface area contributed by atoms with Gasteiger partial charge in [0, 0.05) is 17.3 Å². The van der Waals surface area contributed by atoms with Crippen molar-refractivity contribution in [3.8, 4) is 0 Å². The number of allylic oxidation sites excluding steroid dienone is 1. The van der Waals surface area contributed by atoms with Crippen molar-refractivity contribution in [2.75, 3.05) is 6.61 Å². The molecule has 34 heavy (non-hydrogen) atoms. The average Bonchev–Trinajstić information content (AvgIpc) is 3.36. The summed E-state index contributed by atoms with van der Waals surface area (Å²) in [6, 6.07) is 0. The van der Waals surface area contributed by atoms with E-state index in [1.54, 1.807) is 0 Å². The molecule has 0 bridgehead atoms. The Morgan fingerprint density at radius 2 is 1.62 bits per heavy atom. The van der Waals surface area contributed by atoms with Crippen molar-refractivity contribution in [1.82, 2.24) is 0 Å². The molecule has 5 saturated carbocycles. The molecule has 0 amide bonds. The number of aliphatic hydroxyl groups excluding tert-OH is 3. The summed E-state index contributed by atoms with van der Waals surface area (Å²) in [5.41, 5.74) is -0.559. The fourth-order valence-electron chi connectivity index (χ4n) is 11.1. The van der Waals surface area contributed by atoms with Gasteiger partial charge in [0.15, 0.2) is 0 Å². The molecule has 2 spiro atoms. The minimum absolute atomic E-state index is 0.0147. The second kappa shape index (κ2) is 7.55. The van der Waals surface area contributed by atoms with Crippen LogP contribution in [0.15, 0.2) is 12.2 Å². The minimum Gasteiger partial charge on any atom is -0.396 e. The van der Waals surface area contributed by atoms with Gasteiger partial charge in [0.2, 0.25) is 0 Å². The third-order valence-corrected chi connectivity index (χ3v) is 13.1. The van der Waals surface area contributed by atoms with Gasteiger partial charge in [-0.15, -0.1) is 0 Å². The predicted octanol–water partition coefficient (Wildman–Crippen LogP) is 5.08. The van der Waals surface area contributed by atoms with Gasteiger partial charge in [0.25, 0.3) is 0 Å². The Morgan fingerprint density at radius 1 is 0.941 bits per heavy atom. The van der Waals surface area contributed by atoms with Gasteiger partial charge in [-0.05, 0) is 105 Å². The number of fused-ring (bicyclic) bond motifs is 2. The molecule has 0 aromatic rings. The van der Waals surface area contributed by atoms with E-state index in [1.807, 2.05) is 19.9 Å². The first-order valence-electron chi connectivity index (χ1n) is 14.1. The molecule has 4 nitrogen and oxygen atoms in total. The summed E-state index contributed by atoms with van der Waals surface area (Å²) >= 11 is 0. The Hall–Kier alpha value is -0.420. The first-order valence-corrected chi connectivity index (χ1v) is 14.1. The van der Waals surface area contributed by atoms with Crippen LogP contribution in [-0.4, -0.2) is 44.8 Å². The first kappa shape index (κ1) is 25.2. The summed E-state index contributed by atoms with van der Waals surface area (Å²) in [5.74, 6) is 2.13. The molecule has 0 unspecified atom stereocenters. The summed E-state index contributed by atoms with van der Waals surface area (Å²) in [6.45, 7) is 13.3. The lowest BCUT2D eigenvalue weighted by atomic mass is 9.41. The maximum Gasteiger partial charge on any atom is 0.0771 e. The summed E-state index contributed by atoms with van der Waals surface area (Å²) in [5, 5.41) is 42.8. The highest BCUT2D eigenvalue weighted by atomic mass is 16.3. The van der Waals surface area contributed by atoms with Crippen molar-refractivity contribution in [2.24, 2.45) is 50.7 Å². The lowest BCUT2D eigenvalue weighted by Crippen LogP contribution is -2.62. The average molecular weight is 475 g/mol. The highest BCUT2D eigenvalue weighted by molar-refractivity contribution is 5.33. The molecule has 194 valence electrons. The van der Waals surface area contributed by atoms with Gasteiger partial charge >= 0.3 is 0 Å². The van der Waals surface area contributed by atoms with Gasteiger partial charge in [-0.3, -0.25) is 0 Å². The monoisotopic (exact) mass is 474 g/mol. The van der Waals surface area contributed by atoms with E-state index in [1.165, 1.54) is 32.1 Å². The topological polar surface area (TPSA) is 80.9 Å². The van der Waals surface area contributed by atoms with Crippen LogP contribution in [-0.2, 0) is 0 Å². The zero-order valence-electron chi connectivity index (χ0n) is 22.5. The maximum atomic E-state index is 11.5. The normalized spacial score (nSPS) is 55.3. The molecule has 0 radical (unpaired) electrons. The van der Waals surface area contributed by atoms with E-state index < -0.39 is 23.2 Å². The van der Waals surface area contributed by atoms with Crippen molar-refractivity contribution < 1.29 is 20.4 Å². The highest BCUT2D eigenvalue weighted by Crippen LogP contribution is 2.89. The van der Waals surface area contributed by atoms with Gasteiger partial charge in [-0.1, -0.05) is 39.8 Å². The minimum atomic E-state index is -0.749. The highest BCUT2D eigenvalue weighted by Gasteiger charge is 2.84. The van der Waals surface area contributed by atoms with Gasteiger partial charge in [0.1, 0.15) is 0 Å². The Balaban J connectivity index is 1.43. The fraction of sp³-hybridized carbons (Fsp3) is 0.933. The van der Waals surface area contributed by atoms with E-state index in [2.05, 4.69) is 33.8 Å². The molecule has 0 heterocycles. The quantitative estimate of drug-likeness (QED) is 0.419. The summed E-state index contributed by atoms with van der Waals surface area (Å²) < 4.78 is 0. The van der Waals surface area contributed by atoms with Crippen molar-refractivity contribution in [3.63, 3.8) is 0 Å². The number of rotatable bonds is 5. The Kier molecular flexibility index (Phi) is 5.61. The maximum absolute atomic E-state index is 11.5. The predicted molar refractivity (Wildman–Crippen MR) is 135 cm³/mol. The van der Waals surface area contributed by atoms with Gasteiger partial charge in [-0.2, -0.15) is 0 Å². The van der Waals surface area contributed by atoms with Crippen LogP contribution in [0, 0.1) is 50.7 Å². The first-order chi connectivity index (χ1) is 15.7. The lowest BCUT2D eigenvalue weighted by Gasteiger charge is -2.64. The summed E-state index contributed by atoms with van der Waals surface area (Å²) in [4.78, 5) is 0. The molecule has 0 aromatic carbocycles. The third-order valence-electron chi connectivity index (χ3n) is 13.1. The van der Waals surface area contributed by atoms with Crippen LogP contribution in [0.3, 0.4) is 0 Å². The van der Waals surface area contributed by atoms with Crippen LogP contribution in [0.25, 0.3) is 0 Å². The molecular weight excluding hydrogens is 424 g/mol. The van der Waals surface area contributed by atoms with E-state index in [9.17, 15) is 20.4 Å². The van der Waals surface area contributed by atoms with Crippen LogP contribution in [0.1, 0.15) is 99.3 Å². The van der Waals surface area contributed by atoms with E-state index in [0.29, 0.717) is 29.6 Å². The molecule has 4 heteroatoms. The number of hydrogen-bond acceptors (Lipinski definition) is 4. The molecule has 0 saturated heterocycles. The molecule has 4 N–H and O–H groups in total. The summed E-state index contributed by atoms with van der Waals surface area (Å²) in [7, 11) is 0. The van der Waals surface area contributed by atoms with Crippen LogP contribution in [0.5, 0.6) is 0 Å². The van der Waals surface area contributed by atoms with Gasteiger partial charge < -0.3 is 20.4 Å². The largest absolute Gasteiger partial charge is 0.396 e. The lowest BCUT2D eigenvalue weighted by molar-refractivity contribution is -0.207. The molecule has 5 aliphatic rings.